The molecule has 2 N–H and O–H groups in total. The monoisotopic (exact) mass is 429 g/mol. The van der Waals surface area contributed by atoms with Crippen molar-refractivity contribution in [3.63, 3.8) is 0 Å². The van der Waals surface area contributed by atoms with E-state index in [1.165, 1.54) is 12.1 Å². The molecule has 3 nitrogen and oxygen atoms in total. The van der Waals surface area contributed by atoms with Crippen molar-refractivity contribution in [2.75, 3.05) is 6.61 Å². The van der Waals surface area contributed by atoms with E-state index in [0.717, 1.165) is 40.2 Å². The summed E-state index contributed by atoms with van der Waals surface area (Å²) in [6.07, 6.45) is -4.50. The molecule has 0 aromatic heterocycles. The van der Waals surface area contributed by atoms with Gasteiger partial charge in [-0.15, -0.1) is 0 Å². The highest BCUT2D eigenvalue weighted by Crippen LogP contribution is 2.49. The van der Waals surface area contributed by atoms with Gasteiger partial charge in [0.15, 0.2) is 5.78 Å². The first kappa shape index (κ1) is 20.3. The lowest BCUT2D eigenvalue weighted by Crippen LogP contribution is -2.09. The summed E-state index contributed by atoms with van der Waals surface area (Å²) in [6, 6.07) is 16.0. The van der Waals surface area contributed by atoms with Crippen LogP contribution < -0.4 is 10.5 Å². The molecule has 1 heterocycles. The van der Waals surface area contributed by atoms with Crippen LogP contribution >= 0.6 is 11.8 Å². The van der Waals surface area contributed by atoms with Gasteiger partial charge in [0.1, 0.15) is 5.75 Å². The third-order valence-electron chi connectivity index (χ3n) is 4.92. The molecule has 0 amide bonds. The number of halogens is 3. The molecule has 4 rings (SSSR count). The zero-order chi connectivity index (χ0) is 21.5. The first-order valence-electron chi connectivity index (χ1n) is 9.33. The third-order valence-corrected chi connectivity index (χ3v) is 6.08. The van der Waals surface area contributed by atoms with Gasteiger partial charge in [0.2, 0.25) is 0 Å². The second-order valence-electron chi connectivity index (χ2n) is 6.85. The van der Waals surface area contributed by atoms with E-state index in [2.05, 4.69) is 0 Å². The second-order valence-corrected chi connectivity index (χ2v) is 7.99. The van der Waals surface area contributed by atoms with Crippen molar-refractivity contribution in [3.8, 4) is 5.75 Å². The van der Waals surface area contributed by atoms with Crippen molar-refractivity contribution >= 4 is 33.9 Å². The zero-order valence-electron chi connectivity index (χ0n) is 16.0. The second kappa shape index (κ2) is 7.72. The number of carbonyl (C=O) groups excluding carboxylic acids is 1. The van der Waals surface area contributed by atoms with Crippen LogP contribution in [0.3, 0.4) is 0 Å². The van der Waals surface area contributed by atoms with Crippen LogP contribution in [0.1, 0.15) is 28.9 Å². The smallest absolute Gasteiger partial charge is 0.416 e. The van der Waals surface area contributed by atoms with Gasteiger partial charge in [0, 0.05) is 0 Å². The number of benzene rings is 3. The first-order valence-corrected chi connectivity index (χ1v) is 10.2. The molecule has 0 spiro atoms. The molecule has 0 bridgehead atoms. The van der Waals surface area contributed by atoms with Gasteiger partial charge in [0.05, 0.1) is 28.0 Å². The Bertz CT molecular complexity index is 1170. The zero-order valence-corrected chi connectivity index (χ0v) is 16.8. The molecule has 0 aliphatic carbocycles. The average molecular weight is 429 g/mol. The molecule has 3 aromatic rings. The lowest BCUT2D eigenvalue weighted by molar-refractivity contribution is -0.137. The fourth-order valence-corrected chi connectivity index (χ4v) is 4.75. The maximum atomic E-state index is 13.3. The Hall–Kier alpha value is -2.93. The van der Waals surface area contributed by atoms with Gasteiger partial charge in [-0.25, -0.2) is 0 Å². The molecule has 1 aliphatic heterocycles. The van der Waals surface area contributed by atoms with E-state index < -0.39 is 17.0 Å². The summed E-state index contributed by atoms with van der Waals surface area (Å²) in [5.74, 6) is 0.321. The average Bonchev–Trinajstić information content (AvgIpc) is 3.01. The maximum Gasteiger partial charge on any atom is 0.416 e. The van der Waals surface area contributed by atoms with Crippen LogP contribution in [0.4, 0.5) is 13.2 Å². The molecule has 1 aliphatic rings. The molecule has 30 heavy (non-hydrogen) atoms. The summed E-state index contributed by atoms with van der Waals surface area (Å²) < 4.78 is 45.0. The summed E-state index contributed by atoms with van der Waals surface area (Å²) in [7, 11) is 0. The largest absolute Gasteiger partial charge is 0.494 e. The van der Waals surface area contributed by atoms with Crippen LogP contribution in [0.5, 0.6) is 5.75 Å². The predicted octanol–water partition coefficient (Wildman–Crippen LogP) is 5.94. The topological polar surface area (TPSA) is 52.3 Å². The highest BCUT2D eigenvalue weighted by atomic mass is 32.2. The number of ketones is 1. The van der Waals surface area contributed by atoms with Crippen LogP contribution in [0.2, 0.25) is 0 Å². The molecule has 154 valence electrons. The van der Waals surface area contributed by atoms with Crippen LogP contribution in [0.15, 0.2) is 65.7 Å². The number of thioether (sulfide) groups is 1. The van der Waals surface area contributed by atoms with Crippen LogP contribution in [-0.2, 0) is 11.0 Å². The Morgan fingerprint density at radius 1 is 1.07 bits per heavy atom. The molecule has 7 heteroatoms. The minimum absolute atomic E-state index is 0.127. The number of fused-ring (bicyclic) bond motifs is 1. The summed E-state index contributed by atoms with van der Waals surface area (Å²) in [4.78, 5) is 13.3. The lowest BCUT2D eigenvalue weighted by Gasteiger charge is -2.15. The van der Waals surface area contributed by atoms with E-state index in [-0.39, 0.29) is 21.9 Å². The van der Waals surface area contributed by atoms with Crippen molar-refractivity contribution in [1.29, 1.82) is 0 Å². The minimum atomic E-state index is -4.50. The Morgan fingerprint density at radius 2 is 1.83 bits per heavy atom. The van der Waals surface area contributed by atoms with Crippen LogP contribution in [0, 0.1) is 0 Å². The summed E-state index contributed by atoms with van der Waals surface area (Å²) in [5, 5.41) is 1.36. The Kier molecular flexibility index (Phi) is 5.24. The summed E-state index contributed by atoms with van der Waals surface area (Å²) in [6.45, 7) is 2.34. The van der Waals surface area contributed by atoms with Crippen molar-refractivity contribution < 1.29 is 22.7 Å². The Labute approximate surface area is 175 Å². The Morgan fingerprint density at radius 3 is 2.57 bits per heavy atom. The van der Waals surface area contributed by atoms with Gasteiger partial charge in [-0.3, -0.25) is 4.79 Å². The van der Waals surface area contributed by atoms with Gasteiger partial charge in [-0.2, -0.15) is 13.2 Å². The van der Waals surface area contributed by atoms with E-state index in [4.69, 9.17) is 10.5 Å². The molecule has 0 saturated carbocycles. The van der Waals surface area contributed by atoms with E-state index in [1.807, 2.05) is 43.3 Å². The van der Waals surface area contributed by atoms with E-state index in [9.17, 15) is 18.0 Å². The van der Waals surface area contributed by atoms with Crippen molar-refractivity contribution in [3.05, 3.63) is 82.4 Å². The highest BCUT2D eigenvalue weighted by Gasteiger charge is 2.37. The maximum absolute atomic E-state index is 13.3. The van der Waals surface area contributed by atoms with E-state index in [1.54, 1.807) is 0 Å². The van der Waals surface area contributed by atoms with Crippen molar-refractivity contribution in [2.24, 2.45) is 5.73 Å². The van der Waals surface area contributed by atoms with E-state index >= 15 is 0 Å². The van der Waals surface area contributed by atoms with Gasteiger partial charge in [-0.1, -0.05) is 48.2 Å². The first-order chi connectivity index (χ1) is 14.3. The molecule has 0 fully saturated rings. The third kappa shape index (κ3) is 3.65. The van der Waals surface area contributed by atoms with Gasteiger partial charge in [0.25, 0.3) is 0 Å². The van der Waals surface area contributed by atoms with E-state index in [0.29, 0.717) is 12.4 Å². The number of Topliss-reactive ketones (excluding diaryl/α,β-unsaturated/α-hetero) is 1. The van der Waals surface area contributed by atoms with Crippen molar-refractivity contribution in [1.82, 2.24) is 0 Å². The number of nitrogens with two attached hydrogens (primary N) is 1. The number of alkyl halides is 3. The normalized spacial score (nSPS) is 17.1. The van der Waals surface area contributed by atoms with Crippen molar-refractivity contribution in [2.45, 2.75) is 18.3 Å². The molecule has 0 saturated heterocycles. The number of rotatable bonds is 4. The number of ether oxygens (including phenoxy) is 1. The number of allylic oxidation sites excluding steroid dienone is 1. The number of carbonyl (C=O) groups is 1. The fourth-order valence-electron chi connectivity index (χ4n) is 3.61. The number of hydrogen-bond acceptors (Lipinski definition) is 4. The molecular formula is C23H18F3NO2S. The van der Waals surface area contributed by atoms with Gasteiger partial charge >= 0.3 is 6.18 Å². The molecule has 0 radical (unpaired) electrons. The summed E-state index contributed by atoms with van der Waals surface area (Å²) >= 11 is 1.16. The Balaban J connectivity index is 1.78. The summed E-state index contributed by atoms with van der Waals surface area (Å²) in [5.41, 5.74) is 6.36. The molecule has 1 atom stereocenters. The fraction of sp³-hybridized carbons (Fsp3) is 0.174. The quantitative estimate of drug-likeness (QED) is 0.558. The van der Waals surface area contributed by atoms with Gasteiger partial charge in [-0.05, 0) is 53.1 Å². The number of hydrogen-bond donors (Lipinski definition) is 1. The predicted molar refractivity (Wildman–Crippen MR) is 113 cm³/mol. The molecule has 3 aromatic carbocycles. The standard InChI is InChI=1S/C23H18F3NO2S/c1-2-29-16-11-13-6-3-4-9-17(13)18(12-16)21-20(28)19(22(27)30-21)14-7-5-8-15(10-14)23(24,25)26/h3-12,21H,2,27H2,1H3. The van der Waals surface area contributed by atoms with Crippen LogP contribution in [-0.4, -0.2) is 12.4 Å². The minimum Gasteiger partial charge on any atom is -0.494 e. The SMILES string of the molecule is CCOc1cc(C2SC(N)=C(c3cccc(C(F)(F)F)c3)C2=O)c2ccccc2c1. The molecule has 1 unspecified atom stereocenters. The highest BCUT2D eigenvalue weighted by molar-refractivity contribution is 8.04. The van der Waals surface area contributed by atoms with Gasteiger partial charge < -0.3 is 10.5 Å². The lowest BCUT2D eigenvalue weighted by atomic mass is 9.93. The molecular weight excluding hydrogens is 411 g/mol. The van der Waals surface area contributed by atoms with Crippen LogP contribution in [0.25, 0.3) is 16.3 Å².